The van der Waals surface area contributed by atoms with Crippen LogP contribution in [0.4, 0.5) is 0 Å². The number of pyridine rings is 1. The highest BCUT2D eigenvalue weighted by molar-refractivity contribution is 7.82. The zero-order valence-corrected chi connectivity index (χ0v) is 47.1. The molecule has 0 radical (unpaired) electrons. The molecule has 3 fully saturated rings. The lowest BCUT2D eigenvalue weighted by Gasteiger charge is -2.68. The van der Waals surface area contributed by atoms with Crippen LogP contribution >= 0.6 is 12.6 Å². The van der Waals surface area contributed by atoms with E-state index in [1.807, 2.05) is 66.7 Å². The van der Waals surface area contributed by atoms with E-state index in [1.165, 1.54) is 62.4 Å². The molecule has 1 spiro atoms. The van der Waals surface area contributed by atoms with Gasteiger partial charge in [-0.3, -0.25) is 10.1 Å². The monoisotopic (exact) mass is 938 g/mol. The van der Waals surface area contributed by atoms with Gasteiger partial charge in [0.05, 0.1) is 18.4 Å². The van der Waals surface area contributed by atoms with Crippen LogP contribution < -0.4 is 5.73 Å². The van der Waals surface area contributed by atoms with Crippen LogP contribution in [0.25, 0.3) is 17.0 Å². The molecule has 2 bridgehead atoms. The van der Waals surface area contributed by atoms with Crippen molar-refractivity contribution in [3.05, 3.63) is 95.7 Å². The average Bonchev–Trinajstić information content (AvgIpc) is 3.87. The lowest BCUT2D eigenvalue weighted by Crippen LogP contribution is -2.63. The number of H-pyrrole nitrogens is 1. The molecule has 5 aliphatic rings. The van der Waals surface area contributed by atoms with Crippen molar-refractivity contribution in [2.75, 3.05) is 6.61 Å². The molecule has 7 rings (SSSR count). The van der Waals surface area contributed by atoms with Crippen LogP contribution in [0.15, 0.2) is 90.0 Å². The van der Waals surface area contributed by atoms with Gasteiger partial charge in [-0.15, -0.1) is 0 Å². The van der Waals surface area contributed by atoms with E-state index in [1.54, 1.807) is 11.8 Å². The third-order valence-electron chi connectivity index (χ3n) is 17.5. The third kappa shape index (κ3) is 12.0. The molecule has 0 aromatic carbocycles. The van der Waals surface area contributed by atoms with Gasteiger partial charge < -0.3 is 10.5 Å². The predicted molar refractivity (Wildman–Crippen MR) is 295 cm³/mol. The minimum atomic E-state index is -0.317. The standard InChI is InChI=1S/C37H61NOS.C17H20N4.3C2H6/c1-11-27-21-32(7,31(27)39-23-34(9,38)25(4)5)30-14-13-28-29(35(30,10)40)15-18-37-17-12-16-36(22-37,26(6)24(2)3)20-19-33(28,37)8;1-4-6-14(8-7-13(3)5-2)16-11-15(9-10-18-16)17-19-12-20-21-17;3*1-2/h11-12,15,17,24-26,28,30-31,40H,13-14,16,18-23,38H2,1-10H3;4,6-12H,5H2,1-3H3,(H,19,20,21);3*1-2H3/b27-11-;6-4-,13-7+,14-8+;;;/t26-,28?,30?,31?,32+,33?,34+,35-,36+,37+;;;;/m1..../s1. The van der Waals surface area contributed by atoms with E-state index < -0.39 is 0 Å². The number of fused-ring (bicyclic) bond motifs is 3. The number of allylic oxidation sites excluding steroid dienone is 10. The summed E-state index contributed by atoms with van der Waals surface area (Å²) in [6.07, 6.45) is 33.3. The van der Waals surface area contributed by atoms with Crippen molar-refractivity contribution in [1.29, 1.82) is 0 Å². The Bertz CT molecular complexity index is 2030. The second-order valence-corrected chi connectivity index (χ2v) is 22.5. The Morgan fingerprint density at radius 2 is 1.67 bits per heavy atom. The van der Waals surface area contributed by atoms with Gasteiger partial charge in [-0.05, 0) is 162 Å². The lowest BCUT2D eigenvalue weighted by atomic mass is 9.37. The first kappa shape index (κ1) is 58.3. The second kappa shape index (κ2) is 24.7. The summed E-state index contributed by atoms with van der Waals surface area (Å²) >= 11 is 5.65. The molecular formula is C60H99N5OS. The highest BCUT2D eigenvalue weighted by atomic mass is 32.1. The molecule has 7 heteroatoms. The molecule has 3 N–H and O–H groups in total. The van der Waals surface area contributed by atoms with Crippen LogP contribution in [0.2, 0.25) is 0 Å². The van der Waals surface area contributed by atoms with Crippen molar-refractivity contribution in [2.24, 2.45) is 57.0 Å². The summed E-state index contributed by atoms with van der Waals surface area (Å²) in [7, 11) is 0. The minimum Gasteiger partial charge on any atom is -0.371 e. The molecule has 0 aliphatic heterocycles. The van der Waals surface area contributed by atoms with Crippen LogP contribution in [0, 0.1) is 51.2 Å². The quantitative estimate of drug-likeness (QED) is 0.112. The maximum absolute atomic E-state index is 6.76. The molecule has 0 amide bonds. The van der Waals surface area contributed by atoms with Gasteiger partial charge in [0, 0.05) is 27.5 Å². The molecule has 67 heavy (non-hydrogen) atoms. The van der Waals surface area contributed by atoms with E-state index in [9.17, 15) is 0 Å². The fourth-order valence-electron chi connectivity index (χ4n) is 12.4. The normalized spacial score (nSPS) is 32.9. The SMILES string of the molecule is C/C=C1/C[C@@](C)(C2CCC3C(=CC[C@]45C=CC[C@]([C@H](C)C(C)C)(CCC34C)C5)[C@@]2(C)S)C1OC[C@](C)(N)C(C)C.CC.CC.CC.C\C=C/C(=C\C=C(/C)CC)c1cc(-c2ncn[nH]2)ccn1. The smallest absolute Gasteiger partial charge is 0.155 e. The number of nitrogens with one attached hydrogen (secondary N) is 1. The Balaban J connectivity index is 0.000000372. The van der Waals surface area contributed by atoms with E-state index in [-0.39, 0.29) is 21.8 Å². The summed E-state index contributed by atoms with van der Waals surface area (Å²) in [5.41, 5.74) is 15.0. The molecule has 10 atom stereocenters. The van der Waals surface area contributed by atoms with Crippen molar-refractivity contribution >= 4 is 18.2 Å². The Labute approximate surface area is 417 Å². The molecule has 6 nitrogen and oxygen atoms in total. The number of hydrogen-bond donors (Lipinski definition) is 3. The Hall–Kier alpha value is -3.00. The molecule has 4 unspecified atom stereocenters. The van der Waals surface area contributed by atoms with Crippen molar-refractivity contribution in [3.63, 3.8) is 0 Å². The van der Waals surface area contributed by atoms with Crippen molar-refractivity contribution in [2.45, 2.75) is 206 Å². The van der Waals surface area contributed by atoms with Crippen molar-refractivity contribution in [3.8, 4) is 11.4 Å². The summed E-state index contributed by atoms with van der Waals surface area (Å²) < 4.78 is 6.64. The fourth-order valence-corrected chi connectivity index (χ4v) is 13.1. The van der Waals surface area contributed by atoms with Gasteiger partial charge in [0.15, 0.2) is 5.82 Å². The molecule has 0 saturated heterocycles. The van der Waals surface area contributed by atoms with E-state index in [2.05, 4.69) is 146 Å². The number of rotatable bonds is 12. The first-order valence-electron chi connectivity index (χ1n) is 26.7. The highest BCUT2D eigenvalue weighted by Crippen LogP contribution is 2.73. The van der Waals surface area contributed by atoms with Crippen LogP contribution in [0.1, 0.15) is 195 Å². The highest BCUT2D eigenvalue weighted by Gasteiger charge is 2.66. The largest absolute Gasteiger partial charge is 0.371 e. The van der Waals surface area contributed by atoms with E-state index in [4.69, 9.17) is 23.1 Å². The van der Waals surface area contributed by atoms with Crippen molar-refractivity contribution in [1.82, 2.24) is 20.2 Å². The number of ether oxygens (including phenoxy) is 1. The van der Waals surface area contributed by atoms with Gasteiger partial charge in [-0.2, -0.15) is 17.7 Å². The minimum absolute atomic E-state index is 0.0897. The van der Waals surface area contributed by atoms with Crippen LogP contribution in [-0.4, -0.2) is 43.2 Å². The van der Waals surface area contributed by atoms with Gasteiger partial charge in [0.1, 0.15) is 6.33 Å². The summed E-state index contributed by atoms with van der Waals surface area (Å²) in [4.78, 5) is 8.64. The number of aromatic amines is 1. The first-order valence-corrected chi connectivity index (χ1v) is 27.2. The van der Waals surface area contributed by atoms with E-state index >= 15 is 0 Å². The number of nitrogens with zero attached hydrogens (tertiary/aromatic N) is 3. The van der Waals surface area contributed by atoms with Gasteiger partial charge in [-0.1, -0.05) is 157 Å². The topological polar surface area (TPSA) is 89.7 Å². The summed E-state index contributed by atoms with van der Waals surface area (Å²) in [6, 6.07) is 3.94. The zero-order valence-electron chi connectivity index (χ0n) is 46.2. The maximum Gasteiger partial charge on any atom is 0.155 e. The van der Waals surface area contributed by atoms with Gasteiger partial charge in [0.25, 0.3) is 0 Å². The Morgan fingerprint density at radius 1 is 0.985 bits per heavy atom. The first-order chi connectivity index (χ1) is 31.7. The molecule has 5 aliphatic carbocycles. The molecule has 2 aromatic rings. The third-order valence-corrected chi connectivity index (χ3v) is 18.0. The summed E-state index contributed by atoms with van der Waals surface area (Å²) in [6.45, 7) is 42.7. The number of nitrogens with two attached hydrogens (primary N) is 1. The molecule has 376 valence electrons. The van der Waals surface area contributed by atoms with Gasteiger partial charge in [0.2, 0.25) is 0 Å². The number of hydrogen-bond acceptors (Lipinski definition) is 6. The molecule has 3 saturated carbocycles. The average molecular weight is 939 g/mol. The second-order valence-electron chi connectivity index (χ2n) is 21.6. The maximum atomic E-state index is 6.76. The molecule has 2 heterocycles. The predicted octanol–water partition coefficient (Wildman–Crippen LogP) is 16.8. The van der Waals surface area contributed by atoms with E-state index in [0.717, 1.165) is 47.3 Å². The number of thiol groups is 1. The van der Waals surface area contributed by atoms with Crippen molar-refractivity contribution < 1.29 is 4.74 Å². The van der Waals surface area contributed by atoms with Gasteiger partial charge >= 0.3 is 0 Å². The van der Waals surface area contributed by atoms with Crippen LogP contribution in [0.5, 0.6) is 0 Å². The molecule has 2 aromatic heterocycles. The zero-order chi connectivity index (χ0) is 50.6. The summed E-state index contributed by atoms with van der Waals surface area (Å²) in [5, 5.41) is 6.76. The molecular weight excluding hydrogens is 839 g/mol. The Morgan fingerprint density at radius 3 is 2.25 bits per heavy atom. The lowest BCUT2D eigenvalue weighted by molar-refractivity contribution is -0.130. The number of aromatic nitrogens is 4. The van der Waals surface area contributed by atoms with Crippen LogP contribution in [0.3, 0.4) is 0 Å². The van der Waals surface area contributed by atoms with Gasteiger partial charge in [-0.25, -0.2) is 4.98 Å². The Kier molecular flexibility index (Phi) is 21.5. The van der Waals surface area contributed by atoms with E-state index in [0.29, 0.717) is 40.6 Å². The fraction of sp³-hybridized carbons (Fsp3) is 0.683. The summed E-state index contributed by atoms with van der Waals surface area (Å²) in [5.74, 6) is 3.78. The van der Waals surface area contributed by atoms with Crippen LogP contribution in [-0.2, 0) is 4.74 Å².